The molecular formula is C12H19NO. The zero-order chi connectivity index (χ0) is 11.1. The molecule has 2 heteroatoms. The molecule has 0 unspecified atom stereocenters. The summed E-state index contributed by atoms with van der Waals surface area (Å²) in [4.78, 5) is 0. The molecule has 78 valence electrons. The van der Waals surface area contributed by atoms with Crippen molar-refractivity contribution in [3.63, 3.8) is 0 Å². The standard InChI is InChI=1S/C12H19NO/c1-7-6-10(12(4,5)13)8(2)9(3)11(7)14/h6,14H,13H2,1-5H3. The lowest BCUT2D eigenvalue weighted by Gasteiger charge is -2.24. The molecule has 0 saturated carbocycles. The van der Waals surface area contributed by atoms with Crippen LogP contribution >= 0.6 is 0 Å². The highest BCUT2D eigenvalue weighted by Crippen LogP contribution is 2.31. The van der Waals surface area contributed by atoms with Gasteiger partial charge in [-0.05, 0) is 56.9 Å². The average molecular weight is 193 g/mol. The van der Waals surface area contributed by atoms with Gasteiger partial charge in [0.05, 0.1) is 0 Å². The summed E-state index contributed by atoms with van der Waals surface area (Å²) in [5.74, 6) is 0.385. The van der Waals surface area contributed by atoms with Crippen LogP contribution in [0.4, 0.5) is 0 Å². The van der Waals surface area contributed by atoms with E-state index in [1.54, 1.807) is 0 Å². The summed E-state index contributed by atoms with van der Waals surface area (Å²) < 4.78 is 0. The van der Waals surface area contributed by atoms with E-state index in [0.717, 1.165) is 22.3 Å². The van der Waals surface area contributed by atoms with E-state index in [1.165, 1.54) is 0 Å². The van der Waals surface area contributed by atoms with Gasteiger partial charge in [-0.15, -0.1) is 0 Å². The van der Waals surface area contributed by atoms with Gasteiger partial charge in [0.25, 0.3) is 0 Å². The molecule has 0 fully saturated rings. The van der Waals surface area contributed by atoms with E-state index in [0.29, 0.717) is 5.75 Å². The molecule has 0 saturated heterocycles. The number of phenolic OH excluding ortho intramolecular Hbond substituents is 1. The lowest BCUT2D eigenvalue weighted by molar-refractivity contribution is 0.463. The van der Waals surface area contributed by atoms with Crippen LogP contribution in [0.5, 0.6) is 5.75 Å². The minimum Gasteiger partial charge on any atom is -0.507 e. The van der Waals surface area contributed by atoms with Gasteiger partial charge in [0.15, 0.2) is 0 Å². The Morgan fingerprint density at radius 2 is 1.64 bits per heavy atom. The van der Waals surface area contributed by atoms with Crippen molar-refractivity contribution in [2.45, 2.75) is 40.2 Å². The second-order valence-corrected chi connectivity index (χ2v) is 4.56. The van der Waals surface area contributed by atoms with Gasteiger partial charge in [0.1, 0.15) is 5.75 Å². The number of hydrogen-bond donors (Lipinski definition) is 2. The third-order valence-electron chi connectivity index (χ3n) is 2.75. The monoisotopic (exact) mass is 193 g/mol. The van der Waals surface area contributed by atoms with E-state index < -0.39 is 0 Å². The van der Waals surface area contributed by atoms with Crippen molar-refractivity contribution in [1.82, 2.24) is 0 Å². The summed E-state index contributed by atoms with van der Waals surface area (Å²) in [7, 11) is 0. The van der Waals surface area contributed by atoms with Crippen molar-refractivity contribution in [2.75, 3.05) is 0 Å². The fraction of sp³-hybridized carbons (Fsp3) is 0.500. The van der Waals surface area contributed by atoms with Crippen molar-refractivity contribution in [3.05, 3.63) is 28.3 Å². The normalized spacial score (nSPS) is 11.9. The first-order chi connectivity index (χ1) is 6.25. The van der Waals surface area contributed by atoms with E-state index in [4.69, 9.17) is 5.73 Å². The molecule has 3 N–H and O–H groups in total. The number of nitrogens with two attached hydrogens (primary N) is 1. The van der Waals surface area contributed by atoms with Crippen LogP contribution in [0.25, 0.3) is 0 Å². The van der Waals surface area contributed by atoms with Gasteiger partial charge in [-0.3, -0.25) is 0 Å². The third kappa shape index (κ3) is 1.75. The Bertz CT molecular complexity index is 362. The molecule has 0 aromatic heterocycles. The van der Waals surface area contributed by atoms with Gasteiger partial charge in [-0.2, -0.15) is 0 Å². The van der Waals surface area contributed by atoms with Crippen molar-refractivity contribution in [2.24, 2.45) is 5.73 Å². The quantitative estimate of drug-likeness (QED) is 0.720. The fourth-order valence-corrected chi connectivity index (χ4v) is 1.74. The molecule has 0 aliphatic carbocycles. The van der Waals surface area contributed by atoms with Crippen molar-refractivity contribution in [1.29, 1.82) is 0 Å². The number of benzene rings is 1. The molecule has 1 aromatic carbocycles. The Balaban J connectivity index is 3.49. The zero-order valence-electron chi connectivity index (χ0n) is 9.60. The molecular weight excluding hydrogens is 174 g/mol. The first kappa shape index (κ1) is 11.1. The Morgan fingerprint density at radius 1 is 1.14 bits per heavy atom. The smallest absolute Gasteiger partial charge is 0.121 e. The van der Waals surface area contributed by atoms with Crippen molar-refractivity contribution >= 4 is 0 Å². The number of phenols is 1. The first-order valence-corrected chi connectivity index (χ1v) is 4.84. The van der Waals surface area contributed by atoms with Crippen LogP contribution in [-0.2, 0) is 5.54 Å². The average Bonchev–Trinajstić information content (AvgIpc) is 2.06. The lowest BCUT2D eigenvalue weighted by Crippen LogP contribution is -2.30. The maximum Gasteiger partial charge on any atom is 0.121 e. The third-order valence-corrected chi connectivity index (χ3v) is 2.75. The van der Waals surface area contributed by atoms with Crippen molar-refractivity contribution < 1.29 is 5.11 Å². The predicted molar refractivity (Wildman–Crippen MR) is 59.5 cm³/mol. The first-order valence-electron chi connectivity index (χ1n) is 4.84. The largest absolute Gasteiger partial charge is 0.507 e. The highest BCUT2D eigenvalue weighted by atomic mass is 16.3. The maximum atomic E-state index is 9.74. The molecule has 1 rings (SSSR count). The van der Waals surface area contributed by atoms with Crippen LogP contribution in [0.15, 0.2) is 6.07 Å². The number of aromatic hydroxyl groups is 1. The minimum absolute atomic E-state index is 0.354. The van der Waals surface area contributed by atoms with Crippen LogP contribution in [-0.4, -0.2) is 5.11 Å². The summed E-state index contributed by atoms with van der Waals surface area (Å²) >= 11 is 0. The molecule has 0 aliphatic heterocycles. The van der Waals surface area contributed by atoms with E-state index in [1.807, 2.05) is 40.7 Å². The van der Waals surface area contributed by atoms with Gasteiger partial charge in [-0.1, -0.05) is 6.07 Å². The van der Waals surface area contributed by atoms with E-state index >= 15 is 0 Å². The maximum absolute atomic E-state index is 9.74. The molecule has 14 heavy (non-hydrogen) atoms. The van der Waals surface area contributed by atoms with E-state index in [2.05, 4.69) is 0 Å². The minimum atomic E-state index is -0.354. The van der Waals surface area contributed by atoms with Gasteiger partial charge >= 0.3 is 0 Å². The second-order valence-electron chi connectivity index (χ2n) is 4.56. The topological polar surface area (TPSA) is 46.2 Å². The summed E-state index contributed by atoms with van der Waals surface area (Å²) in [5.41, 5.74) is 9.72. The van der Waals surface area contributed by atoms with Gasteiger partial charge < -0.3 is 10.8 Å². The molecule has 0 aliphatic rings. The fourth-order valence-electron chi connectivity index (χ4n) is 1.74. The van der Waals surface area contributed by atoms with Gasteiger partial charge in [0, 0.05) is 5.54 Å². The SMILES string of the molecule is Cc1cc(C(C)(C)N)c(C)c(C)c1O. The summed E-state index contributed by atoms with van der Waals surface area (Å²) in [6.45, 7) is 9.78. The van der Waals surface area contributed by atoms with Gasteiger partial charge in [0.2, 0.25) is 0 Å². The summed E-state index contributed by atoms with van der Waals surface area (Å²) in [6.07, 6.45) is 0. The highest BCUT2D eigenvalue weighted by Gasteiger charge is 2.19. The van der Waals surface area contributed by atoms with Crippen LogP contribution in [0.1, 0.15) is 36.1 Å². The molecule has 0 spiro atoms. The molecule has 0 amide bonds. The Hall–Kier alpha value is -1.02. The van der Waals surface area contributed by atoms with Crippen LogP contribution in [0.2, 0.25) is 0 Å². The molecule has 2 nitrogen and oxygen atoms in total. The molecule has 0 heterocycles. The number of aryl methyl sites for hydroxylation is 1. The second kappa shape index (κ2) is 3.28. The number of hydrogen-bond acceptors (Lipinski definition) is 2. The van der Waals surface area contributed by atoms with Crippen LogP contribution in [0.3, 0.4) is 0 Å². The molecule has 0 bridgehead atoms. The van der Waals surface area contributed by atoms with E-state index in [9.17, 15) is 5.11 Å². The summed E-state index contributed by atoms with van der Waals surface area (Å²) in [6, 6.07) is 1.97. The number of rotatable bonds is 1. The van der Waals surface area contributed by atoms with Crippen LogP contribution in [0, 0.1) is 20.8 Å². The van der Waals surface area contributed by atoms with E-state index in [-0.39, 0.29) is 5.54 Å². The Morgan fingerprint density at radius 3 is 2.07 bits per heavy atom. The molecule has 0 atom stereocenters. The molecule has 1 aromatic rings. The van der Waals surface area contributed by atoms with Gasteiger partial charge in [-0.25, -0.2) is 0 Å². The molecule has 0 radical (unpaired) electrons. The Labute approximate surface area is 85.8 Å². The zero-order valence-corrected chi connectivity index (χ0v) is 9.60. The lowest BCUT2D eigenvalue weighted by atomic mass is 9.87. The van der Waals surface area contributed by atoms with Crippen molar-refractivity contribution in [3.8, 4) is 5.75 Å². The predicted octanol–water partition coefficient (Wildman–Crippen LogP) is 2.51. The highest BCUT2D eigenvalue weighted by molar-refractivity contribution is 5.49. The summed E-state index contributed by atoms with van der Waals surface area (Å²) in [5, 5.41) is 9.74. The van der Waals surface area contributed by atoms with Crippen LogP contribution < -0.4 is 5.73 Å². The Kier molecular flexibility index (Phi) is 2.59.